The highest BCUT2D eigenvalue weighted by Crippen LogP contribution is 2.24. The number of hydrogen-bond donors (Lipinski definition) is 2. The Kier molecular flexibility index (Phi) is 4.71. The van der Waals surface area contributed by atoms with Gasteiger partial charge in [-0.15, -0.1) is 11.3 Å². The summed E-state index contributed by atoms with van der Waals surface area (Å²) in [7, 11) is -3.14. The van der Waals surface area contributed by atoms with Gasteiger partial charge in [-0.3, -0.25) is 11.3 Å². The van der Waals surface area contributed by atoms with Crippen molar-refractivity contribution in [3.05, 3.63) is 22.4 Å². The largest absolute Gasteiger partial charge is 0.271 e. The molecule has 0 spiro atoms. The van der Waals surface area contributed by atoms with Gasteiger partial charge in [-0.05, 0) is 38.1 Å². The highest BCUT2D eigenvalue weighted by molar-refractivity contribution is 7.92. The van der Waals surface area contributed by atoms with E-state index in [2.05, 4.69) is 5.43 Å². The lowest BCUT2D eigenvalue weighted by molar-refractivity contribution is 0.395. The molecule has 1 atom stereocenters. The summed E-state index contributed by atoms with van der Waals surface area (Å²) in [6.45, 7) is 3.42. The van der Waals surface area contributed by atoms with E-state index < -0.39 is 14.6 Å². The van der Waals surface area contributed by atoms with Crippen molar-refractivity contribution in [3.63, 3.8) is 0 Å². The van der Waals surface area contributed by atoms with Gasteiger partial charge >= 0.3 is 0 Å². The maximum absolute atomic E-state index is 11.7. The van der Waals surface area contributed by atoms with E-state index in [1.165, 1.54) is 11.1 Å². The van der Waals surface area contributed by atoms with Crippen LogP contribution in [0, 0.1) is 0 Å². The summed E-state index contributed by atoms with van der Waals surface area (Å²) in [6.07, 6.45) is 2.80. The van der Waals surface area contributed by atoms with Crippen molar-refractivity contribution in [1.29, 1.82) is 0 Å². The van der Waals surface area contributed by atoms with Crippen molar-refractivity contribution < 1.29 is 8.42 Å². The highest BCUT2D eigenvalue weighted by atomic mass is 32.2. The number of sulfone groups is 1. The second-order valence-corrected chi connectivity index (χ2v) is 8.34. The smallest absolute Gasteiger partial charge is 0.154 e. The average Bonchev–Trinajstić information content (AvgIpc) is 2.69. The van der Waals surface area contributed by atoms with Crippen molar-refractivity contribution in [2.45, 2.75) is 37.5 Å². The van der Waals surface area contributed by atoms with Crippen LogP contribution in [0.5, 0.6) is 0 Å². The zero-order valence-electron chi connectivity index (χ0n) is 10.4. The van der Waals surface area contributed by atoms with E-state index in [4.69, 9.17) is 5.84 Å². The van der Waals surface area contributed by atoms with Gasteiger partial charge < -0.3 is 0 Å². The molecule has 17 heavy (non-hydrogen) atoms. The maximum Gasteiger partial charge on any atom is 0.154 e. The molecule has 1 aromatic rings. The van der Waals surface area contributed by atoms with Gasteiger partial charge in [-0.2, -0.15) is 0 Å². The van der Waals surface area contributed by atoms with Gasteiger partial charge in [0, 0.05) is 17.2 Å². The van der Waals surface area contributed by atoms with E-state index in [0.717, 1.165) is 6.42 Å². The summed E-state index contributed by atoms with van der Waals surface area (Å²) >= 11 is 1.68. The molecule has 0 radical (unpaired) electrons. The number of hydrazine groups is 1. The van der Waals surface area contributed by atoms with Crippen LogP contribution >= 0.6 is 11.3 Å². The number of aryl methyl sites for hydroxylation is 1. The van der Waals surface area contributed by atoms with E-state index >= 15 is 0 Å². The molecule has 4 nitrogen and oxygen atoms in total. The predicted molar refractivity (Wildman–Crippen MR) is 72.7 cm³/mol. The lowest BCUT2D eigenvalue weighted by Crippen LogP contribution is -2.54. The summed E-state index contributed by atoms with van der Waals surface area (Å²) < 4.78 is 22.6. The molecular weight excluding hydrogens is 256 g/mol. The third-order valence-corrected chi connectivity index (χ3v) is 6.39. The van der Waals surface area contributed by atoms with Crippen molar-refractivity contribution in [1.82, 2.24) is 5.43 Å². The molecule has 0 aliphatic rings. The lowest BCUT2D eigenvalue weighted by Gasteiger charge is -2.32. The van der Waals surface area contributed by atoms with Crippen molar-refractivity contribution in [2.75, 3.05) is 6.26 Å². The van der Waals surface area contributed by atoms with Crippen LogP contribution in [-0.4, -0.2) is 25.5 Å². The zero-order valence-corrected chi connectivity index (χ0v) is 12.1. The summed E-state index contributed by atoms with van der Waals surface area (Å²) in [6, 6.07) is 3.79. The molecular formula is C11H20N2O2S2. The van der Waals surface area contributed by atoms with Crippen LogP contribution in [0.1, 0.15) is 25.1 Å². The quantitative estimate of drug-likeness (QED) is 0.607. The topological polar surface area (TPSA) is 72.2 Å². The molecule has 0 aliphatic carbocycles. The highest BCUT2D eigenvalue weighted by Gasteiger charge is 2.38. The fraction of sp³-hybridized carbons (Fsp3) is 0.636. The Bertz CT molecular complexity index is 438. The Balaban J connectivity index is 2.72. The maximum atomic E-state index is 11.7. The minimum Gasteiger partial charge on any atom is -0.271 e. The Morgan fingerprint density at radius 1 is 1.53 bits per heavy atom. The van der Waals surface area contributed by atoms with Crippen molar-refractivity contribution in [2.24, 2.45) is 5.84 Å². The SMILES string of the molecule is CC(C)(C(CCc1cccs1)NN)S(C)(=O)=O. The molecule has 0 bridgehead atoms. The van der Waals surface area contributed by atoms with Crippen LogP contribution in [0.4, 0.5) is 0 Å². The monoisotopic (exact) mass is 276 g/mol. The van der Waals surface area contributed by atoms with E-state index in [-0.39, 0.29) is 6.04 Å². The van der Waals surface area contributed by atoms with Gasteiger partial charge in [-0.1, -0.05) is 6.07 Å². The summed E-state index contributed by atoms with van der Waals surface area (Å²) in [5.74, 6) is 5.48. The van der Waals surface area contributed by atoms with Gasteiger partial charge in [0.2, 0.25) is 0 Å². The van der Waals surface area contributed by atoms with Gasteiger partial charge in [0.15, 0.2) is 9.84 Å². The number of rotatable bonds is 6. The molecule has 6 heteroatoms. The van der Waals surface area contributed by atoms with Gasteiger partial charge in [-0.25, -0.2) is 8.42 Å². The molecule has 1 unspecified atom stereocenters. The fourth-order valence-corrected chi connectivity index (χ4v) is 3.06. The number of thiophene rings is 1. The number of hydrogen-bond acceptors (Lipinski definition) is 5. The first-order valence-corrected chi connectivity index (χ1v) is 8.24. The van der Waals surface area contributed by atoms with Crippen LogP contribution < -0.4 is 11.3 Å². The van der Waals surface area contributed by atoms with Crippen LogP contribution in [0.3, 0.4) is 0 Å². The van der Waals surface area contributed by atoms with Crippen LogP contribution in [-0.2, 0) is 16.3 Å². The minimum absolute atomic E-state index is 0.250. The Morgan fingerprint density at radius 3 is 2.59 bits per heavy atom. The Morgan fingerprint density at radius 2 is 2.18 bits per heavy atom. The van der Waals surface area contributed by atoms with E-state index in [9.17, 15) is 8.42 Å². The van der Waals surface area contributed by atoms with Crippen molar-refractivity contribution in [3.8, 4) is 0 Å². The Labute approximate surface area is 107 Å². The molecule has 0 fully saturated rings. The van der Waals surface area contributed by atoms with E-state index in [1.807, 2.05) is 17.5 Å². The molecule has 0 amide bonds. The third-order valence-electron chi connectivity index (χ3n) is 3.26. The first-order valence-electron chi connectivity index (χ1n) is 5.47. The van der Waals surface area contributed by atoms with Gasteiger partial charge in [0.25, 0.3) is 0 Å². The molecule has 98 valence electrons. The average molecular weight is 276 g/mol. The first-order chi connectivity index (χ1) is 7.79. The number of nitrogens with two attached hydrogens (primary N) is 1. The zero-order chi connectivity index (χ0) is 13.1. The third kappa shape index (κ3) is 3.51. The predicted octanol–water partition coefficient (Wildman–Crippen LogP) is 1.34. The Hall–Kier alpha value is -0.430. The summed E-state index contributed by atoms with van der Waals surface area (Å²) in [5, 5.41) is 2.02. The van der Waals surface area contributed by atoms with E-state index in [1.54, 1.807) is 25.2 Å². The molecule has 0 saturated carbocycles. The van der Waals surface area contributed by atoms with Crippen molar-refractivity contribution >= 4 is 21.2 Å². The van der Waals surface area contributed by atoms with E-state index in [0.29, 0.717) is 6.42 Å². The molecule has 0 saturated heterocycles. The molecule has 1 heterocycles. The summed E-state index contributed by atoms with van der Waals surface area (Å²) in [5.41, 5.74) is 2.64. The van der Waals surface area contributed by atoms with Crippen LogP contribution in [0.15, 0.2) is 17.5 Å². The van der Waals surface area contributed by atoms with Gasteiger partial charge in [0.05, 0.1) is 4.75 Å². The number of nitrogens with one attached hydrogen (secondary N) is 1. The minimum atomic E-state index is -3.14. The molecule has 1 rings (SSSR count). The fourth-order valence-electron chi connectivity index (χ4n) is 1.63. The normalized spacial score (nSPS) is 14.8. The van der Waals surface area contributed by atoms with Crippen LogP contribution in [0.25, 0.3) is 0 Å². The molecule has 0 aromatic carbocycles. The summed E-state index contributed by atoms with van der Waals surface area (Å²) in [4.78, 5) is 1.24. The molecule has 1 aromatic heterocycles. The molecule has 0 aliphatic heterocycles. The second-order valence-electron chi connectivity index (χ2n) is 4.71. The lowest BCUT2D eigenvalue weighted by atomic mass is 9.98. The van der Waals surface area contributed by atoms with Crippen LogP contribution in [0.2, 0.25) is 0 Å². The standard InChI is InChI=1S/C11H20N2O2S2/c1-11(2,17(3,14)15)10(13-12)7-6-9-5-4-8-16-9/h4-5,8,10,13H,6-7,12H2,1-3H3. The molecule has 3 N–H and O–H groups in total. The van der Waals surface area contributed by atoms with Gasteiger partial charge in [0.1, 0.15) is 0 Å². The first kappa shape index (κ1) is 14.6. The second kappa shape index (κ2) is 5.48.